The lowest BCUT2D eigenvalue weighted by molar-refractivity contribution is -0.127. The molecule has 0 radical (unpaired) electrons. The Balaban J connectivity index is 1.02. The van der Waals surface area contributed by atoms with E-state index in [1.807, 2.05) is 12.1 Å². The number of hydrogen-bond donors (Lipinski definition) is 4. The Morgan fingerprint density at radius 1 is 0.667 bits per heavy atom. The molecule has 6 aromatic rings. The predicted octanol–water partition coefficient (Wildman–Crippen LogP) is 12.4. The van der Waals surface area contributed by atoms with Crippen LogP contribution in [0.2, 0.25) is 0 Å². The summed E-state index contributed by atoms with van der Waals surface area (Å²) in [5, 5.41) is 15.6. The van der Waals surface area contributed by atoms with Crippen molar-refractivity contribution in [1.29, 1.82) is 0 Å². The molecular weight excluding hydrogens is 1090 g/mol. The van der Waals surface area contributed by atoms with Crippen molar-refractivity contribution in [3.8, 4) is 35.2 Å². The Kier molecular flexibility index (Phi) is 19.1. The Labute approximate surface area is 460 Å². The van der Waals surface area contributed by atoms with Gasteiger partial charge in [0.25, 0.3) is 0 Å². The van der Waals surface area contributed by atoms with E-state index < -0.39 is 39.5 Å². The van der Waals surface area contributed by atoms with Gasteiger partial charge in [-0.15, -0.1) is 22.7 Å². The first-order chi connectivity index (χ1) is 37.1. The number of alkyl halides is 6. The Bertz CT molecular complexity index is 3320. The number of likely N-dealkylation sites (tertiary alicyclic amines) is 1. The van der Waals surface area contributed by atoms with E-state index in [-0.39, 0.29) is 47.3 Å². The predicted molar refractivity (Wildman–Crippen MR) is 308 cm³/mol. The topological polar surface area (TPSA) is 122 Å². The zero-order valence-corrected chi connectivity index (χ0v) is 47.9. The molecule has 11 nitrogen and oxygen atoms in total. The molecule has 2 aliphatic rings. The van der Waals surface area contributed by atoms with Crippen molar-refractivity contribution in [3.05, 3.63) is 93.2 Å². The van der Waals surface area contributed by atoms with Crippen LogP contribution in [0.5, 0.6) is 11.5 Å². The maximum Gasteiger partial charge on any atom is 0.393 e. The molecule has 0 amide bonds. The largest absolute Gasteiger partial charge is 0.495 e. The summed E-state index contributed by atoms with van der Waals surface area (Å²) in [4.78, 5) is 2.95. The summed E-state index contributed by atoms with van der Waals surface area (Å²) in [5.74, 6) is 12.9. The fraction of sp³-hybridized carbons (Fsp3) is 0.439. The third kappa shape index (κ3) is 15.3. The van der Waals surface area contributed by atoms with E-state index in [2.05, 4.69) is 49.8 Å². The number of methoxy groups -OCH3 is 3. The van der Waals surface area contributed by atoms with Crippen molar-refractivity contribution < 1.29 is 54.4 Å². The van der Waals surface area contributed by atoms with Gasteiger partial charge in [-0.1, -0.05) is 35.8 Å². The van der Waals surface area contributed by atoms with Crippen LogP contribution >= 0.6 is 37.0 Å². The van der Waals surface area contributed by atoms with E-state index in [0.717, 1.165) is 42.9 Å². The first kappa shape index (κ1) is 58.8. The van der Waals surface area contributed by atoms with Gasteiger partial charge in [0.2, 0.25) is 0 Å². The number of piperidine rings is 1. The minimum absolute atomic E-state index is 0.00501. The van der Waals surface area contributed by atoms with Gasteiger partial charge in [0.05, 0.1) is 88.7 Å². The number of halogens is 6. The Morgan fingerprint density at radius 3 is 1.77 bits per heavy atom. The van der Waals surface area contributed by atoms with Crippen molar-refractivity contribution in [3.63, 3.8) is 0 Å². The van der Waals surface area contributed by atoms with Gasteiger partial charge in [-0.2, -0.15) is 26.3 Å². The molecule has 0 aliphatic carbocycles. The average molecular weight is 1160 g/mol. The molecule has 1 unspecified atom stereocenters. The van der Waals surface area contributed by atoms with Crippen LogP contribution in [0.15, 0.2) is 66.7 Å². The van der Waals surface area contributed by atoms with Crippen LogP contribution in [0, 0.1) is 23.7 Å². The third-order valence-corrected chi connectivity index (χ3v) is 20.1. The van der Waals surface area contributed by atoms with Crippen LogP contribution in [0.3, 0.4) is 0 Å². The molecule has 1 atom stereocenters. The molecule has 78 heavy (non-hydrogen) atoms. The highest BCUT2D eigenvalue weighted by Gasteiger charge is 2.34. The molecule has 0 bridgehead atoms. The number of nitrogens with zero attached hydrogens (tertiary/aromatic N) is 1. The van der Waals surface area contributed by atoms with Gasteiger partial charge >= 0.3 is 12.4 Å². The zero-order valence-electron chi connectivity index (χ0n) is 44.5. The summed E-state index contributed by atoms with van der Waals surface area (Å²) < 4.78 is 137. The van der Waals surface area contributed by atoms with Gasteiger partial charge in [0.1, 0.15) is 25.8 Å². The standard InChI is InChI=1S/C57H65F6N5O6P2S2/c1-71-29-26-68-24-18-38(19-25-68)66-48-11-7-10-42-44(34-56(58,59)60)52(77-54(42)48)12-8-22-65-47-17-15-41(33-51(47)73-3)76(6,70)36-37-30-43-45(35-57(61,62)63)53(78-55(43)49(31-37)67-39-20-27-74-28-21-39)13-9-23-64-46-16-14-40(75(4,5)69)32-50(46)72-2/h7,10-11,14-17,30-33,38-39,64-67H,18-29,34-36H2,1-6H3. The molecule has 0 saturated carbocycles. The molecule has 4 heterocycles. The number of nitrogens with one attached hydrogen (secondary N) is 4. The fourth-order valence-corrected chi connectivity index (χ4v) is 14.8. The first-order valence-corrected chi connectivity index (χ1v) is 32.2. The molecule has 21 heteroatoms. The monoisotopic (exact) mass is 1160 g/mol. The van der Waals surface area contributed by atoms with Gasteiger partial charge in [-0.05, 0) is 128 Å². The van der Waals surface area contributed by atoms with Gasteiger partial charge in [0.15, 0.2) is 0 Å². The van der Waals surface area contributed by atoms with Crippen molar-refractivity contribution >= 4 is 90.5 Å². The van der Waals surface area contributed by atoms with E-state index >= 15 is 0 Å². The molecule has 2 aliphatic heterocycles. The quantitative estimate of drug-likeness (QED) is 0.0352. The summed E-state index contributed by atoms with van der Waals surface area (Å²) in [7, 11) is -1.19. The minimum Gasteiger partial charge on any atom is -0.495 e. The van der Waals surface area contributed by atoms with Crippen molar-refractivity contribution in [2.24, 2.45) is 0 Å². The Hall–Kier alpha value is -5.36. The summed E-state index contributed by atoms with van der Waals surface area (Å²) in [6.45, 7) is 9.48. The number of rotatable bonds is 19. The normalized spacial score (nSPS) is 15.7. The summed E-state index contributed by atoms with van der Waals surface area (Å²) in [6, 6.07) is 19.4. The summed E-state index contributed by atoms with van der Waals surface area (Å²) in [6.07, 6.45) is -8.14. The molecule has 2 saturated heterocycles. The van der Waals surface area contributed by atoms with Crippen LogP contribution in [0.4, 0.5) is 49.1 Å². The highest BCUT2D eigenvalue weighted by Crippen LogP contribution is 2.48. The van der Waals surface area contributed by atoms with Crippen LogP contribution in [-0.2, 0) is 37.6 Å². The molecule has 2 fully saturated rings. The van der Waals surface area contributed by atoms with Crippen molar-refractivity contribution in [1.82, 2.24) is 4.90 Å². The maximum atomic E-state index is 14.9. The van der Waals surface area contributed by atoms with Crippen molar-refractivity contribution in [2.45, 2.75) is 69.1 Å². The summed E-state index contributed by atoms with van der Waals surface area (Å²) in [5.41, 5.74) is 3.29. The maximum absolute atomic E-state index is 14.9. The number of ether oxygens (including phenoxy) is 4. The van der Waals surface area contributed by atoms with E-state index in [1.165, 1.54) is 36.9 Å². The Morgan fingerprint density at radius 2 is 1.21 bits per heavy atom. The summed E-state index contributed by atoms with van der Waals surface area (Å²) >= 11 is 2.43. The lowest BCUT2D eigenvalue weighted by Gasteiger charge is -2.32. The molecular formula is C57H65F6N5O6P2S2. The molecule has 2 aromatic heterocycles. The lowest BCUT2D eigenvalue weighted by atomic mass is 10.0. The average Bonchev–Trinajstić information content (AvgIpc) is 4.07. The number of benzene rings is 4. The van der Waals surface area contributed by atoms with E-state index in [0.29, 0.717) is 97.7 Å². The molecule has 4 aromatic carbocycles. The number of hydrogen-bond acceptors (Lipinski definition) is 13. The zero-order chi connectivity index (χ0) is 55.8. The van der Waals surface area contributed by atoms with E-state index in [9.17, 15) is 35.5 Å². The highest BCUT2D eigenvalue weighted by atomic mass is 32.1. The van der Waals surface area contributed by atoms with Gasteiger partial charge in [-0.25, -0.2) is 0 Å². The minimum atomic E-state index is -4.56. The first-order valence-electron chi connectivity index (χ1n) is 25.6. The number of fused-ring (bicyclic) bond motifs is 2. The van der Waals surface area contributed by atoms with Crippen LogP contribution in [-0.4, -0.2) is 123 Å². The van der Waals surface area contributed by atoms with Crippen molar-refractivity contribution in [2.75, 3.05) is 115 Å². The SMILES string of the molecule is COCCN1CCC(Nc2cccc3c(CC(F)(F)F)c(C#CCNc4ccc(P(C)(=O)Cc5cc(NC6CCOCC6)c6sc(C#CCNc7ccc(P(C)(C)=O)cc7OC)c(CC(F)(F)F)c6c5)cc4OC)sc23)CC1. The number of anilines is 4. The van der Waals surface area contributed by atoms with Crippen LogP contribution < -0.4 is 41.3 Å². The molecule has 8 rings (SSSR count). The molecule has 4 N–H and O–H groups in total. The van der Waals surface area contributed by atoms with E-state index in [4.69, 9.17) is 18.9 Å². The number of thiophene rings is 2. The molecule has 418 valence electrons. The third-order valence-electron chi connectivity index (χ3n) is 13.8. The van der Waals surface area contributed by atoms with Crippen LogP contribution in [0.25, 0.3) is 20.2 Å². The second kappa shape index (κ2) is 25.4. The smallest absolute Gasteiger partial charge is 0.393 e. The second-order valence-corrected chi connectivity index (χ2v) is 28.4. The van der Waals surface area contributed by atoms with E-state index in [1.54, 1.807) is 81.7 Å². The van der Waals surface area contributed by atoms with Crippen LogP contribution in [0.1, 0.15) is 52.1 Å². The highest BCUT2D eigenvalue weighted by molar-refractivity contribution is 7.70. The van der Waals surface area contributed by atoms with Gasteiger partial charge in [-0.3, -0.25) is 0 Å². The van der Waals surface area contributed by atoms with Gasteiger partial charge in [0, 0.05) is 68.8 Å². The molecule has 0 spiro atoms. The van der Waals surface area contributed by atoms with Gasteiger partial charge < -0.3 is 54.2 Å². The second-order valence-electron chi connectivity index (χ2n) is 20.1. The fourth-order valence-electron chi connectivity index (χ4n) is 9.80. The lowest BCUT2D eigenvalue weighted by Crippen LogP contribution is -2.40.